The molecule has 146 valence electrons. The molecule has 0 bridgehead atoms. The van der Waals surface area contributed by atoms with Gasteiger partial charge in [0.1, 0.15) is 0 Å². The second-order valence-electron chi connectivity index (χ2n) is 8.69. The van der Waals surface area contributed by atoms with Crippen LogP contribution in [0.4, 0.5) is 0 Å². The summed E-state index contributed by atoms with van der Waals surface area (Å²) in [6, 6.07) is 14.9. The summed E-state index contributed by atoms with van der Waals surface area (Å²) in [7, 11) is 1.72. The van der Waals surface area contributed by atoms with Crippen molar-refractivity contribution < 1.29 is 9.53 Å². The summed E-state index contributed by atoms with van der Waals surface area (Å²) < 4.78 is 6.86. The average molecular weight is 439 g/mol. The molecule has 2 unspecified atom stereocenters. The van der Waals surface area contributed by atoms with E-state index in [1.807, 2.05) is 6.07 Å². The first-order valence-electron chi connectivity index (χ1n) is 10.0. The number of hydrogen-bond acceptors (Lipinski definition) is 2. The molecule has 0 radical (unpaired) electrons. The zero-order valence-electron chi connectivity index (χ0n) is 17.1. The van der Waals surface area contributed by atoms with Gasteiger partial charge in [0, 0.05) is 0 Å². The molecule has 2 aromatic rings. The standard InChI is InChI=1S/C25H28O2Se/c1-16-12-17-10-11-21-20(13-18(17)14-22(16)27-4)24(26)23(15-25(21,2)3)28-19-8-6-5-7-9-19/h5-9,12-14,21,23H,10-11,15H2,1-4H3. The molecule has 0 amide bonds. The predicted molar refractivity (Wildman–Crippen MR) is 117 cm³/mol. The Kier molecular flexibility index (Phi) is 5.24. The van der Waals surface area contributed by atoms with Crippen LogP contribution < -0.4 is 9.20 Å². The molecule has 2 atom stereocenters. The van der Waals surface area contributed by atoms with Crippen LogP contribution in [-0.2, 0) is 11.2 Å². The third kappa shape index (κ3) is 3.58. The van der Waals surface area contributed by atoms with Crippen molar-refractivity contribution in [3.63, 3.8) is 0 Å². The molecule has 2 nitrogen and oxygen atoms in total. The van der Waals surface area contributed by atoms with Gasteiger partial charge >= 0.3 is 175 Å². The van der Waals surface area contributed by atoms with Gasteiger partial charge < -0.3 is 0 Å². The van der Waals surface area contributed by atoms with E-state index in [0.717, 1.165) is 36.1 Å². The Balaban J connectivity index is 1.74. The normalized spacial score (nSPS) is 23.3. The number of allylic oxidation sites excluding steroid dienone is 1. The van der Waals surface area contributed by atoms with E-state index in [2.05, 4.69) is 63.2 Å². The predicted octanol–water partition coefficient (Wildman–Crippen LogP) is 4.77. The number of aryl methyl sites for hydroxylation is 2. The fourth-order valence-electron chi connectivity index (χ4n) is 4.77. The van der Waals surface area contributed by atoms with Gasteiger partial charge in [-0.3, -0.25) is 0 Å². The molecule has 28 heavy (non-hydrogen) atoms. The first-order valence-corrected chi connectivity index (χ1v) is 11.9. The van der Waals surface area contributed by atoms with E-state index in [-0.39, 0.29) is 25.2 Å². The number of ketones is 1. The van der Waals surface area contributed by atoms with Crippen LogP contribution in [0, 0.1) is 18.3 Å². The number of hydrogen-bond donors (Lipinski definition) is 0. The first kappa shape index (κ1) is 19.5. The van der Waals surface area contributed by atoms with Crippen LogP contribution in [-0.4, -0.2) is 27.8 Å². The number of rotatable bonds is 3. The van der Waals surface area contributed by atoms with Crippen molar-refractivity contribution in [2.75, 3.05) is 7.11 Å². The van der Waals surface area contributed by atoms with Crippen molar-refractivity contribution in [2.24, 2.45) is 11.3 Å². The summed E-state index contributed by atoms with van der Waals surface area (Å²) in [6.45, 7) is 6.80. The molecule has 0 spiro atoms. The minimum atomic E-state index is 0.126. The van der Waals surface area contributed by atoms with Gasteiger partial charge in [0.15, 0.2) is 0 Å². The Morgan fingerprint density at radius 3 is 2.61 bits per heavy atom. The summed E-state index contributed by atoms with van der Waals surface area (Å²) in [5, 5.41) is 0. The zero-order chi connectivity index (χ0) is 19.9. The molecule has 2 aliphatic rings. The van der Waals surface area contributed by atoms with Crippen LogP contribution in [0.25, 0.3) is 6.08 Å². The van der Waals surface area contributed by atoms with E-state index in [0.29, 0.717) is 11.7 Å². The van der Waals surface area contributed by atoms with Crippen molar-refractivity contribution >= 4 is 31.3 Å². The average Bonchev–Trinajstić information content (AvgIpc) is 2.86. The van der Waals surface area contributed by atoms with Crippen molar-refractivity contribution in [1.29, 1.82) is 0 Å². The molecular weight excluding hydrogens is 411 g/mol. The van der Waals surface area contributed by atoms with Gasteiger partial charge in [-0.2, -0.15) is 0 Å². The number of Topliss-reactive ketones (excluding diaryl/α,β-unsaturated/α-hetero) is 1. The molecule has 0 heterocycles. The molecule has 0 N–H and O–H groups in total. The Morgan fingerprint density at radius 2 is 1.89 bits per heavy atom. The van der Waals surface area contributed by atoms with E-state index in [1.54, 1.807) is 7.11 Å². The number of benzene rings is 2. The van der Waals surface area contributed by atoms with Crippen LogP contribution in [0.1, 0.15) is 43.4 Å². The van der Waals surface area contributed by atoms with Gasteiger partial charge in [-0.05, 0) is 0 Å². The molecule has 3 heteroatoms. The fraction of sp³-hybridized carbons (Fsp3) is 0.400. The number of carbonyl (C=O) groups excluding carboxylic acids is 1. The van der Waals surface area contributed by atoms with Crippen molar-refractivity contribution in [3.8, 4) is 5.75 Å². The van der Waals surface area contributed by atoms with Crippen LogP contribution in [0.5, 0.6) is 5.75 Å². The topological polar surface area (TPSA) is 26.3 Å². The summed E-state index contributed by atoms with van der Waals surface area (Å²) in [6.07, 6.45) is 5.25. The van der Waals surface area contributed by atoms with Gasteiger partial charge in [0.05, 0.1) is 0 Å². The zero-order valence-corrected chi connectivity index (χ0v) is 18.8. The molecule has 0 saturated heterocycles. The summed E-state index contributed by atoms with van der Waals surface area (Å²) in [4.78, 5) is 13.7. The van der Waals surface area contributed by atoms with Gasteiger partial charge in [-0.25, -0.2) is 0 Å². The van der Waals surface area contributed by atoms with E-state index >= 15 is 0 Å². The van der Waals surface area contributed by atoms with Crippen LogP contribution in [0.3, 0.4) is 0 Å². The summed E-state index contributed by atoms with van der Waals surface area (Å²) in [5.41, 5.74) is 4.86. The van der Waals surface area contributed by atoms with Crippen LogP contribution in [0.2, 0.25) is 4.82 Å². The fourth-order valence-corrected chi connectivity index (χ4v) is 7.70. The summed E-state index contributed by atoms with van der Waals surface area (Å²) in [5.74, 6) is 1.61. The van der Waals surface area contributed by atoms with Crippen molar-refractivity contribution in [2.45, 2.75) is 44.9 Å². The van der Waals surface area contributed by atoms with Crippen molar-refractivity contribution in [1.82, 2.24) is 0 Å². The van der Waals surface area contributed by atoms with E-state index in [4.69, 9.17) is 4.74 Å². The van der Waals surface area contributed by atoms with Crippen LogP contribution >= 0.6 is 0 Å². The van der Waals surface area contributed by atoms with Gasteiger partial charge in [0.2, 0.25) is 0 Å². The third-order valence-electron chi connectivity index (χ3n) is 6.30. The monoisotopic (exact) mass is 440 g/mol. The molecule has 1 fully saturated rings. The van der Waals surface area contributed by atoms with Crippen molar-refractivity contribution in [3.05, 3.63) is 64.7 Å². The molecule has 0 aliphatic heterocycles. The SMILES string of the molecule is COc1cc2c(cc1C)CCC1C(=C2)C(=O)C([Se]c2ccccc2)CC1(C)C. The Labute approximate surface area is 174 Å². The molecule has 1 saturated carbocycles. The second kappa shape index (κ2) is 7.54. The Bertz CT molecular complexity index is 927. The van der Waals surface area contributed by atoms with Gasteiger partial charge in [-0.15, -0.1) is 0 Å². The molecule has 2 aliphatic carbocycles. The maximum atomic E-state index is 13.6. The number of carbonyl (C=O) groups is 1. The molecular formula is C25H28O2Se. The number of fused-ring (bicyclic) bond motifs is 2. The minimum absolute atomic E-state index is 0.126. The molecule has 4 rings (SSSR count). The Hall–Kier alpha value is -1.83. The molecule has 2 aromatic carbocycles. The summed E-state index contributed by atoms with van der Waals surface area (Å²) >= 11 is 0.168. The number of methoxy groups -OCH3 is 1. The quantitative estimate of drug-likeness (QED) is 0.645. The van der Waals surface area contributed by atoms with Crippen LogP contribution in [0.15, 0.2) is 48.0 Å². The molecule has 0 aromatic heterocycles. The van der Waals surface area contributed by atoms with E-state index < -0.39 is 0 Å². The van der Waals surface area contributed by atoms with Gasteiger partial charge in [-0.1, -0.05) is 0 Å². The number of ether oxygens (including phenoxy) is 1. The van der Waals surface area contributed by atoms with E-state index in [1.165, 1.54) is 15.6 Å². The Morgan fingerprint density at radius 1 is 1.14 bits per heavy atom. The maximum absolute atomic E-state index is 13.6. The first-order chi connectivity index (χ1) is 13.4. The third-order valence-corrected chi connectivity index (χ3v) is 8.84. The van der Waals surface area contributed by atoms with Gasteiger partial charge in [0.25, 0.3) is 0 Å². The second-order valence-corrected chi connectivity index (χ2v) is 11.4. The van der Waals surface area contributed by atoms with E-state index in [9.17, 15) is 4.79 Å².